The van der Waals surface area contributed by atoms with Crippen LogP contribution in [0.15, 0.2) is 40.9 Å². The van der Waals surface area contributed by atoms with Gasteiger partial charge in [-0.1, -0.05) is 6.07 Å². The van der Waals surface area contributed by atoms with Gasteiger partial charge in [-0.15, -0.1) is 0 Å². The molecule has 2 N–H and O–H groups in total. The van der Waals surface area contributed by atoms with Gasteiger partial charge in [-0.25, -0.2) is 4.98 Å². The van der Waals surface area contributed by atoms with Crippen LogP contribution in [-0.2, 0) is 6.54 Å². The first-order valence-corrected chi connectivity index (χ1v) is 5.52. The second-order valence-electron chi connectivity index (χ2n) is 3.99. The second-order valence-corrected chi connectivity index (χ2v) is 3.99. The van der Waals surface area contributed by atoms with E-state index < -0.39 is 0 Å². The van der Waals surface area contributed by atoms with E-state index in [0.717, 1.165) is 28.6 Å². The van der Waals surface area contributed by atoms with Crippen molar-refractivity contribution in [1.82, 2.24) is 9.38 Å². The SMILES string of the molecule is Cc1ccc(-c2cn3c(CN)cccc3n2)o1. The van der Waals surface area contributed by atoms with Crippen LogP contribution in [0.5, 0.6) is 0 Å². The van der Waals surface area contributed by atoms with Crippen LogP contribution in [-0.4, -0.2) is 9.38 Å². The van der Waals surface area contributed by atoms with Crippen molar-refractivity contribution in [3.8, 4) is 11.5 Å². The van der Waals surface area contributed by atoms with Gasteiger partial charge in [0.25, 0.3) is 0 Å². The van der Waals surface area contributed by atoms with Gasteiger partial charge in [-0.05, 0) is 31.2 Å². The third-order valence-electron chi connectivity index (χ3n) is 2.78. The highest BCUT2D eigenvalue weighted by atomic mass is 16.3. The molecule has 0 aliphatic carbocycles. The Kier molecular flexibility index (Phi) is 2.23. The molecule has 0 saturated carbocycles. The zero-order valence-corrected chi connectivity index (χ0v) is 9.55. The summed E-state index contributed by atoms with van der Waals surface area (Å²) >= 11 is 0. The van der Waals surface area contributed by atoms with Crippen molar-refractivity contribution < 1.29 is 4.42 Å². The number of aromatic nitrogens is 2. The van der Waals surface area contributed by atoms with Gasteiger partial charge in [0, 0.05) is 18.4 Å². The first kappa shape index (κ1) is 10.1. The predicted molar refractivity (Wildman–Crippen MR) is 65.5 cm³/mol. The van der Waals surface area contributed by atoms with Crippen molar-refractivity contribution in [3.63, 3.8) is 0 Å². The largest absolute Gasteiger partial charge is 0.460 e. The summed E-state index contributed by atoms with van der Waals surface area (Å²) in [4.78, 5) is 4.52. The summed E-state index contributed by atoms with van der Waals surface area (Å²) < 4.78 is 7.56. The van der Waals surface area contributed by atoms with Crippen LogP contribution in [0.1, 0.15) is 11.5 Å². The standard InChI is InChI=1S/C13H13N3O/c1-9-5-6-12(17-9)11-8-16-10(7-14)3-2-4-13(16)15-11/h2-6,8H,7,14H2,1H3. The molecule has 0 atom stereocenters. The van der Waals surface area contributed by atoms with Crippen molar-refractivity contribution in [2.45, 2.75) is 13.5 Å². The lowest BCUT2D eigenvalue weighted by Gasteiger charge is -1.99. The Morgan fingerprint density at radius 2 is 2.18 bits per heavy atom. The molecule has 0 spiro atoms. The van der Waals surface area contributed by atoms with Crippen molar-refractivity contribution in [2.24, 2.45) is 5.73 Å². The zero-order chi connectivity index (χ0) is 11.8. The molecule has 0 amide bonds. The number of imidazole rings is 1. The van der Waals surface area contributed by atoms with E-state index in [1.807, 2.05) is 47.9 Å². The molecule has 0 aliphatic rings. The second kappa shape index (κ2) is 3.75. The summed E-state index contributed by atoms with van der Waals surface area (Å²) in [5.41, 5.74) is 8.45. The molecule has 3 aromatic heterocycles. The van der Waals surface area contributed by atoms with Gasteiger partial charge in [-0.2, -0.15) is 0 Å². The van der Waals surface area contributed by atoms with Crippen molar-refractivity contribution >= 4 is 5.65 Å². The van der Waals surface area contributed by atoms with E-state index in [1.165, 1.54) is 0 Å². The number of nitrogens with two attached hydrogens (primary N) is 1. The molecule has 4 nitrogen and oxygen atoms in total. The first-order valence-electron chi connectivity index (χ1n) is 5.52. The Hall–Kier alpha value is -2.07. The monoisotopic (exact) mass is 227 g/mol. The zero-order valence-electron chi connectivity index (χ0n) is 9.55. The van der Waals surface area contributed by atoms with Crippen LogP contribution >= 0.6 is 0 Å². The molecule has 0 radical (unpaired) electrons. The van der Waals surface area contributed by atoms with Gasteiger partial charge in [0.05, 0.1) is 0 Å². The summed E-state index contributed by atoms with van der Waals surface area (Å²) in [5, 5.41) is 0. The topological polar surface area (TPSA) is 56.5 Å². The normalized spacial score (nSPS) is 11.2. The Labute approximate surface area is 98.7 Å². The van der Waals surface area contributed by atoms with E-state index in [-0.39, 0.29) is 0 Å². The fourth-order valence-electron chi connectivity index (χ4n) is 1.93. The van der Waals surface area contributed by atoms with Gasteiger partial charge < -0.3 is 14.6 Å². The Morgan fingerprint density at radius 1 is 1.29 bits per heavy atom. The Balaban J connectivity index is 2.19. The summed E-state index contributed by atoms with van der Waals surface area (Å²) in [5.74, 6) is 1.67. The van der Waals surface area contributed by atoms with E-state index in [1.54, 1.807) is 0 Å². The molecule has 0 bridgehead atoms. The van der Waals surface area contributed by atoms with Gasteiger partial charge in [0.2, 0.25) is 0 Å². The molecule has 0 fully saturated rings. The summed E-state index contributed by atoms with van der Waals surface area (Å²) in [6.07, 6.45) is 1.95. The highest BCUT2D eigenvalue weighted by Gasteiger charge is 2.09. The molecule has 3 rings (SSSR count). The molecule has 4 heteroatoms. The molecule has 0 unspecified atom stereocenters. The number of hydrogen-bond acceptors (Lipinski definition) is 3. The minimum atomic E-state index is 0.490. The van der Waals surface area contributed by atoms with Crippen molar-refractivity contribution in [1.29, 1.82) is 0 Å². The van der Waals surface area contributed by atoms with Crippen molar-refractivity contribution in [2.75, 3.05) is 0 Å². The Morgan fingerprint density at radius 3 is 2.88 bits per heavy atom. The van der Waals surface area contributed by atoms with Gasteiger partial charge in [0.15, 0.2) is 5.76 Å². The van der Waals surface area contributed by atoms with Crippen LogP contribution < -0.4 is 5.73 Å². The van der Waals surface area contributed by atoms with Gasteiger partial charge >= 0.3 is 0 Å². The van der Waals surface area contributed by atoms with E-state index in [0.29, 0.717) is 6.54 Å². The number of furan rings is 1. The average molecular weight is 227 g/mol. The smallest absolute Gasteiger partial charge is 0.154 e. The van der Waals surface area contributed by atoms with Gasteiger partial charge in [-0.3, -0.25) is 0 Å². The maximum atomic E-state index is 5.70. The molecule has 86 valence electrons. The fourth-order valence-corrected chi connectivity index (χ4v) is 1.93. The number of rotatable bonds is 2. The third-order valence-corrected chi connectivity index (χ3v) is 2.78. The number of fused-ring (bicyclic) bond motifs is 1. The molecule has 3 heterocycles. The van der Waals surface area contributed by atoms with Gasteiger partial charge in [0.1, 0.15) is 17.1 Å². The summed E-state index contributed by atoms with van der Waals surface area (Å²) in [6, 6.07) is 9.77. The number of pyridine rings is 1. The number of aryl methyl sites for hydroxylation is 1. The minimum Gasteiger partial charge on any atom is -0.460 e. The number of nitrogens with zero attached hydrogens (tertiary/aromatic N) is 2. The Bertz CT molecular complexity index is 666. The maximum absolute atomic E-state index is 5.70. The molecule has 0 aliphatic heterocycles. The minimum absolute atomic E-state index is 0.490. The molecule has 0 aromatic carbocycles. The van der Waals surface area contributed by atoms with E-state index in [4.69, 9.17) is 10.2 Å². The molecule has 3 aromatic rings. The fraction of sp³-hybridized carbons (Fsp3) is 0.154. The molecule has 0 saturated heterocycles. The van der Waals surface area contributed by atoms with Crippen LogP contribution in [0.25, 0.3) is 17.1 Å². The third kappa shape index (κ3) is 1.62. The molecular formula is C13H13N3O. The van der Waals surface area contributed by atoms with Crippen molar-refractivity contribution in [3.05, 3.63) is 48.0 Å². The van der Waals surface area contributed by atoms with E-state index in [2.05, 4.69) is 4.98 Å². The summed E-state index contributed by atoms with van der Waals surface area (Å²) in [7, 11) is 0. The van der Waals surface area contributed by atoms with Crippen LogP contribution in [0.2, 0.25) is 0 Å². The number of hydrogen-bond donors (Lipinski definition) is 1. The molecular weight excluding hydrogens is 214 g/mol. The lowest BCUT2D eigenvalue weighted by Crippen LogP contribution is -2.02. The quantitative estimate of drug-likeness (QED) is 0.731. The van der Waals surface area contributed by atoms with Crippen LogP contribution in [0.3, 0.4) is 0 Å². The lowest BCUT2D eigenvalue weighted by molar-refractivity contribution is 0.547. The summed E-state index contributed by atoms with van der Waals surface area (Å²) in [6.45, 7) is 2.41. The average Bonchev–Trinajstić information content (AvgIpc) is 2.93. The highest BCUT2D eigenvalue weighted by Crippen LogP contribution is 2.22. The molecule has 17 heavy (non-hydrogen) atoms. The van der Waals surface area contributed by atoms with Crippen LogP contribution in [0, 0.1) is 6.92 Å². The van der Waals surface area contributed by atoms with Crippen LogP contribution in [0.4, 0.5) is 0 Å². The highest BCUT2D eigenvalue weighted by molar-refractivity contribution is 5.58. The predicted octanol–water partition coefficient (Wildman–Crippen LogP) is 2.36. The maximum Gasteiger partial charge on any atom is 0.154 e. The lowest BCUT2D eigenvalue weighted by atomic mass is 10.3. The van der Waals surface area contributed by atoms with E-state index in [9.17, 15) is 0 Å². The first-order chi connectivity index (χ1) is 8.28. The van der Waals surface area contributed by atoms with E-state index >= 15 is 0 Å².